The molecule has 0 spiro atoms. The summed E-state index contributed by atoms with van der Waals surface area (Å²) in [7, 11) is 0. The van der Waals surface area contributed by atoms with E-state index < -0.39 is 0 Å². The molecule has 0 unspecified atom stereocenters. The highest BCUT2D eigenvalue weighted by Gasteiger charge is 2.19. The minimum Gasteiger partial charge on any atom is -0.480 e. The van der Waals surface area contributed by atoms with Gasteiger partial charge in [-0.15, -0.1) is 0 Å². The third-order valence-electron chi connectivity index (χ3n) is 3.26. The second-order valence-corrected chi connectivity index (χ2v) is 5.83. The van der Waals surface area contributed by atoms with Crippen molar-refractivity contribution in [2.75, 3.05) is 11.9 Å². The highest BCUT2D eigenvalue weighted by molar-refractivity contribution is 5.96. The van der Waals surface area contributed by atoms with Crippen LogP contribution in [0.3, 0.4) is 0 Å². The third-order valence-corrected chi connectivity index (χ3v) is 3.26. The fourth-order valence-corrected chi connectivity index (χ4v) is 2.13. The molecule has 4 nitrogen and oxygen atoms in total. The van der Waals surface area contributed by atoms with Crippen molar-refractivity contribution in [1.29, 1.82) is 0 Å². The van der Waals surface area contributed by atoms with E-state index in [9.17, 15) is 4.79 Å². The molecule has 0 saturated heterocycles. The van der Waals surface area contributed by atoms with Crippen molar-refractivity contribution in [2.24, 2.45) is 0 Å². The van der Waals surface area contributed by atoms with Crippen molar-refractivity contribution in [3.05, 3.63) is 29.8 Å². The molecular formula is C15H16N2O2. The average Bonchev–Trinajstić information content (AvgIpc) is 2.34. The normalized spacial score (nSPS) is 14.8. The molecule has 1 aliphatic heterocycles. The number of nitrogens with zero attached hydrogens (tertiary/aromatic N) is 1. The van der Waals surface area contributed by atoms with Crippen molar-refractivity contribution < 1.29 is 9.53 Å². The van der Waals surface area contributed by atoms with Gasteiger partial charge < -0.3 is 10.1 Å². The Kier molecular flexibility index (Phi) is 2.49. The van der Waals surface area contributed by atoms with Gasteiger partial charge in [0.05, 0.1) is 5.52 Å². The van der Waals surface area contributed by atoms with Gasteiger partial charge in [0, 0.05) is 5.39 Å². The Hall–Kier alpha value is -2.10. The fourth-order valence-electron chi connectivity index (χ4n) is 2.13. The Morgan fingerprint density at radius 2 is 2.05 bits per heavy atom. The molecule has 0 bridgehead atoms. The molecule has 0 fully saturated rings. The number of amides is 1. The van der Waals surface area contributed by atoms with Crippen molar-refractivity contribution in [3.8, 4) is 5.75 Å². The summed E-state index contributed by atoms with van der Waals surface area (Å²) in [4.78, 5) is 15.7. The number of rotatable bonds is 0. The van der Waals surface area contributed by atoms with Crippen LogP contribution in [0.2, 0.25) is 0 Å². The molecule has 1 aliphatic rings. The number of carbonyl (C=O) groups is 1. The summed E-state index contributed by atoms with van der Waals surface area (Å²) < 4.78 is 5.39. The van der Waals surface area contributed by atoms with Gasteiger partial charge in [-0.1, -0.05) is 26.8 Å². The molecule has 98 valence electrons. The molecule has 1 amide bonds. The monoisotopic (exact) mass is 256 g/mol. The highest BCUT2D eigenvalue weighted by Crippen LogP contribution is 2.32. The topological polar surface area (TPSA) is 51.2 Å². The molecule has 4 heteroatoms. The van der Waals surface area contributed by atoms with Crippen LogP contribution in [0.5, 0.6) is 5.75 Å². The van der Waals surface area contributed by atoms with E-state index in [2.05, 4.69) is 43.2 Å². The van der Waals surface area contributed by atoms with Gasteiger partial charge in [0.1, 0.15) is 0 Å². The first-order chi connectivity index (χ1) is 8.93. The molecule has 1 aromatic carbocycles. The number of benzene rings is 1. The lowest BCUT2D eigenvalue weighted by atomic mass is 9.86. The fraction of sp³-hybridized carbons (Fsp3) is 0.333. The summed E-state index contributed by atoms with van der Waals surface area (Å²) in [6, 6.07) is 8.12. The number of hydrogen-bond donors (Lipinski definition) is 1. The predicted octanol–water partition coefficient (Wildman–Crippen LogP) is 2.86. The van der Waals surface area contributed by atoms with Gasteiger partial charge in [-0.25, -0.2) is 4.98 Å². The highest BCUT2D eigenvalue weighted by atomic mass is 16.5. The number of aromatic nitrogens is 1. The van der Waals surface area contributed by atoms with Gasteiger partial charge in [-0.3, -0.25) is 4.79 Å². The Labute approximate surface area is 111 Å². The molecule has 1 aromatic heterocycles. The van der Waals surface area contributed by atoms with Crippen molar-refractivity contribution in [2.45, 2.75) is 26.2 Å². The maximum absolute atomic E-state index is 11.3. The summed E-state index contributed by atoms with van der Waals surface area (Å²) in [5, 5.41) is 3.75. The predicted molar refractivity (Wildman–Crippen MR) is 74.6 cm³/mol. The van der Waals surface area contributed by atoms with E-state index in [4.69, 9.17) is 4.74 Å². The van der Waals surface area contributed by atoms with E-state index in [1.165, 1.54) is 5.56 Å². The first-order valence-electron chi connectivity index (χ1n) is 6.31. The molecule has 0 aliphatic carbocycles. The summed E-state index contributed by atoms with van der Waals surface area (Å²) in [6.45, 7) is 6.59. The minimum absolute atomic E-state index is 0.0547. The third kappa shape index (κ3) is 2.14. The lowest BCUT2D eigenvalue weighted by Crippen LogP contribution is -2.26. The summed E-state index contributed by atoms with van der Waals surface area (Å²) in [5.74, 6) is 0.982. The molecule has 0 saturated carbocycles. The first kappa shape index (κ1) is 12.0. The molecule has 0 radical (unpaired) electrons. The van der Waals surface area contributed by atoms with E-state index in [1.807, 2.05) is 12.1 Å². The van der Waals surface area contributed by atoms with Crippen LogP contribution in [-0.2, 0) is 10.2 Å². The average molecular weight is 256 g/mol. The number of pyridine rings is 1. The van der Waals surface area contributed by atoms with Crippen LogP contribution in [0.15, 0.2) is 24.3 Å². The summed E-state index contributed by atoms with van der Waals surface area (Å²) in [5.41, 5.74) is 2.21. The quantitative estimate of drug-likeness (QED) is 0.788. The van der Waals surface area contributed by atoms with E-state index in [-0.39, 0.29) is 17.9 Å². The molecule has 2 heterocycles. The van der Waals surface area contributed by atoms with Crippen molar-refractivity contribution >= 4 is 22.6 Å². The molecule has 3 rings (SSSR count). The van der Waals surface area contributed by atoms with Crippen molar-refractivity contribution in [1.82, 2.24) is 4.98 Å². The van der Waals surface area contributed by atoms with E-state index in [0.29, 0.717) is 11.6 Å². The zero-order valence-corrected chi connectivity index (χ0v) is 11.3. The minimum atomic E-state index is -0.161. The second-order valence-electron chi connectivity index (χ2n) is 5.83. The summed E-state index contributed by atoms with van der Waals surface area (Å²) >= 11 is 0. The maximum Gasteiger partial charge on any atom is 0.263 e. The molecular weight excluding hydrogens is 240 g/mol. The van der Waals surface area contributed by atoms with Gasteiger partial charge in [0.15, 0.2) is 18.2 Å². The number of nitrogens with one attached hydrogen (secondary N) is 1. The van der Waals surface area contributed by atoms with E-state index in [0.717, 1.165) is 10.9 Å². The van der Waals surface area contributed by atoms with Crippen LogP contribution in [0.4, 0.5) is 5.82 Å². The van der Waals surface area contributed by atoms with Crippen LogP contribution in [0.1, 0.15) is 26.3 Å². The summed E-state index contributed by atoms with van der Waals surface area (Å²) in [6.07, 6.45) is 0. The lowest BCUT2D eigenvalue weighted by molar-refractivity contribution is -0.118. The largest absolute Gasteiger partial charge is 0.480 e. The maximum atomic E-state index is 11.3. The second kappa shape index (κ2) is 3.95. The number of carbonyl (C=O) groups excluding carboxylic acids is 1. The molecule has 0 atom stereocenters. The zero-order valence-electron chi connectivity index (χ0n) is 11.3. The molecule has 2 aromatic rings. The number of anilines is 1. The Morgan fingerprint density at radius 3 is 2.79 bits per heavy atom. The zero-order chi connectivity index (χ0) is 13.6. The lowest BCUT2D eigenvalue weighted by Gasteiger charge is -2.21. The first-order valence-corrected chi connectivity index (χ1v) is 6.31. The van der Waals surface area contributed by atoms with Crippen LogP contribution < -0.4 is 10.1 Å². The van der Waals surface area contributed by atoms with Crippen molar-refractivity contribution in [3.63, 3.8) is 0 Å². The van der Waals surface area contributed by atoms with Gasteiger partial charge >= 0.3 is 0 Å². The van der Waals surface area contributed by atoms with Gasteiger partial charge in [0.25, 0.3) is 5.91 Å². The molecule has 1 N–H and O–H groups in total. The Morgan fingerprint density at radius 1 is 1.26 bits per heavy atom. The van der Waals surface area contributed by atoms with E-state index in [1.54, 1.807) is 0 Å². The SMILES string of the molecule is CC(C)(C)c1ccc2nc3c(cc2c1)OCC(=O)N3. The van der Waals surface area contributed by atoms with Crippen LogP contribution in [-0.4, -0.2) is 17.5 Å². The van der Waals surface area contributed by atoms with Crippen LogP contribution in [0, 0.1) is 0 Å². The number of fused-ring (bicyclic) bond motifs is 2. The van der Waals surface area contributed by atoms with Gasteiger partial charge in [-0.05, 0) is 29.2 Å². The number of hydrogen-bond acceptors (Lipinski definition) is 3. The Bertz CT molecular complexity index is 672. The van der Waals surface area contributed by atoms with Crippen LogP contribution in [0.25, 0.3) is 10.9 Å². The van der Waals surface area contributed by atoms with Gasteiger partial charge in [0.2, 0.25) is 0 Å². The van der Waals surface area contributed by atoms with Gasteiger partial charge in [-0.2, -0.15) is 0 Å². The molecule has 19 heavy (non-hydrogen) atoms. The number of ether oxygens (including phenoxy) is 1. The smallest absolute Gasteiger partial charge is 0.263 e. The van der Waals surface area contributed by atoms with E-state index >= 15 is 0 Å². The standard InChI is InChI=1S/C15H16N2O2/c1-15(2,3)10-4-5-11-9(6-10)7-12-14(16-11)17-13(18)8-19-12/h4-7H,8H2,1-3H3,(H,16,17,18). The van der Waals surface area contributed by atoms with Crippen LogP contribution >= 0.6 is 0 Å². The Balaban J connectivity index is 2.15.